The monoisotopic (exact) mass is 211 g/mol. The van der Waals surface area contributed by atoms with Gasteiger partial charge in [-0.2, -0.15) is 0 Å². The second-order valence-electron chi connectivity index (χ2n) is 2.87. The van der Waals surface area contributed by atoms with Gasteiger partial charge in [0.25, 0.3) is 0 Å². The van der Waals surface area contributed by atoms with E-state index < -0.39 is 5.82 Å². The van der Waals surface area contributed by atoms with Crippen LogP contribution in [0.5, 0.6) is 11.5 Å². The first-order valence-electron chi connectivity index (χ1n) is 4.51. The Hall–Kier alpha value is -1.55. The van der Waals surface area contributed by atoms with E-state index in [-0.39, 0.29) is 5.75 Å². The number of ether oxygens (including phenoxy) is 2. The number of rotatable bonds is 4. The number of benzene rings is 1. The molecule has 0 unspecified atom stereocenters. The third-order valence-corrected chi connectivity index (χ3v) is 1.94. The van der Waals surface area contributed by atoms with Crippen molar-refractivity contribution in [2.75, 3.05) is 20.8 Å². The Kier molecular flexibility index (Phi) is 4.12. The maximum Gasteiger partial charge on any atom is 0.165 e. The number of halogens is 1. The van der Waals surface area contributed by atoms with Gasteiger partial charge in [-0.1, -0.05) is 12.2 Å². The third-order valence-electron chi connectivity index (χ3n) is 1.94. The van der Waals surface area contributed by atoms with Crippen molar-refractivity contribution in [3.63, 3.8) is 0 Å². The first kappa shape index (κ1) is 11.5. The first-order chi connectivity index (χ1) is 7.22. The average Bonchev–Trinajstić information content (AvgIpc) is 2.26. The van der Waals surface area contributed by atoms with Crippen molar-refractivity contribution in [3.05, 3.63) is 29.6 Å². The van der Waals surface area contributed by atoms with E-state index in [1.165, 1.54) is 26.4 Å². The van der Waals surface area contributed by atoms with Gasteiger partial charge >= 0.3 is 0 Å². The molecule has 82 valence electrons. The lowest BCUT2D eigenvalue weighted by Crippen LogP contribution is -1.95. The molecule has 0 aliphatic carbocycles. The molecule has 4 heteroatoms. The Morgan fingerprint density at radius 1 is 1.27 bits per heavy atom. The summed E-state index contributed by atoms with van der Waals surface area (Å²) in [6, 6.07) is 2.86. The molecule has 0 aliphatic rings. The van der Waals surface area contributed by atoms with E-state index in [0.29, 0.717) is 17.9 Å². The number of hydrogen-bond donors (Lipinski definition) is 1. The van der Waals surface area contributed by atoms with Crippen molar-refractivity contribution in [1.29, 1.82) is 0 Å². The van der Waals surface area contributed by atoms with Crippen molar-refractivity contribution < 1.29 is 13.9 Å². The van der Waals surface area contributed by atoms with Crippen LogP contribution in [0.2, 0.25) is 0 Å². The zero-order valence-corrected chi connectivity index (χ0v) is 8.79. The largest absolute Gasteiger partial charge is 0.496 e. The van der Waals surface area contributed by atoms with Gasteiger partial charge in [-0.3, -0.25) is 0 Å². The third kappa shape index (κ3) is 2.70. The van der Waals surface area contributed by atoms with Crippen LogP contribution in [0.3, 0.4) is 0 Å². The standard InChI is InChI=1S/C11H14FNO2/c1-14-10-7-11(15-2)9(12)6-8(10)4-3-5-13/h3-4,6-7H,5,13H2,1-2H3/b4-3+. The SMILES string of the molecule is COc1cc(OC)c(/C=C/CN)cc1F. The van der Waals surface area contributed by atoms with Gasteiger partial charge in [0.1, 0.15) is 5.75 Å². The highest BCUT2D eigenvalue weighted by molar-refractivity contribution is 5.59. The van der Waals surface area contributed by atoms with Crippen molar-refractivity contribution in [2.24, 2.45) is 5.73 Å². The molecule has 3 nitrogen and oxygen atoms in total. The highest BCUT2D eigenvalue weighted by Crippen LogP contribution is 2.28. The van der Waals surface area contributed by atoms with E-state index in [9.17, 15) is 4.39 Å². The Balaban J connectivity index is 3.15. The topological polar surface area (TPSA) is 44.5 Å². The normalized spacial score (nSPS) is 10.7. The molecule has 15 heavy (non-hydrogen) atoms. The van der Waals surface area contributed by atoms with E-state index in [4.69, 9.17) is 15.2 Å². The van der Waals surface area contributed by atoms with Crippen molar-refractivity contribution >= 4 is 6.08 Å². The highest BCUT2D eigenvalue weighted by Gasteiger charge is 2.08. The summed E-state index contributed by atoms with van der Waals surface area (Å²) < 4.78 is 23.3. The quantitative estimate of drug-likeness (QED) is 0.826. The van der Waals surface area contributed by atoms with Gasteiger partial charge < -0.3 is 15.2 Å². The van der Waals surface area contributed by atoms with Gasteiger partial charge in [0.15, 0.2) is 11.6 Å². The lowest BCUT2D eigenvalue weighted by atomic mass is 10.1. The van der Waals surface area contributed by atoms with Gasteiger partial charge in [-0.15, -0.1) is 0 Å². The summed E-state index contributed by atoms with van der Waals surface area (Å²) in [4.78, 5) is 0. The van der Waals surface area contributed by atoms with Crippen LogP contribution in [0.1, 0.15) is 5.56 Å². The molecule has 2 N–H and O–H groups in total. The lowest BCUT2D eigenvalue weighted by Gasteiger charge is -2.08. The van der Waals surface area contributed by atoms with Crippen LogP contribution < -0.4 is 15.2 Å². The van der Waals surface area contributed by atoms with Gasteiger partial charge in [-0.05, 0) is 6.07 Å². The summed E-state index contributed by atoms with van der Waals surface area (Å²) in [5.41, 5.74) is 5.96. The van der Waals surface area contributed by atoms with Crippen LogP contribution in [0.15, 0.2) is 18.2 Å². The second kappa shape index (κ2) is 5.36. The zero-order valence-electron chi connectivity index (χ0n) is 8.79. The van der Waals surface area contributed by atoms with Crippen LogP contribution in [0.25, 0.3) is 6.08 Å². The minimum atomic E-state index is -0.421. The fraction of sp³-hybridized carbons (Fsp3) is 0.273. The maximum absolute atomic E-state index is 13.3. The van der Waals surface area contributed by atoms with Crippen LogP contribution in [-0.4, -0.2) is 20.8 Å². The molecule has 1 aromatic carbocycles. The molecular formula is C11H14FNO2. The van der Waals surface area contributed by atoms with Crippen molar-refractivity contribution in [3.8, 4) is 11.5 Å². The van der Waals surface area contributed by atoms with Crippen molar-refractivity contribution in [1.82, 2.24) is 0 Å². The predicted molar refractivity (Wildman–Crippen MR) is 57.6 cm³/mol. The molecule has 0 aliphatic heterocycles. The second-order valence-corrected chi connectivity index (χ2v) is 2.87. The van der Waals surface area contributed by atoms with E-state index >= 15 is 0 Å². The molecule has 0 atom stereocenters. The molecule has 0 amide bonds. The fourth-order valence-corrected chi connectivity index (χ4v) is 1.21. The average molecular weight is 211 g/mol. The summed E-state index contributed by atoms with van der Waals surface area (Å²) in [5, 5.41) is 0. The summed E-state index contributed by atoms with van der Waals surface area (Å²) >= 11 is 0. The Morgan fingerprint density at radius 3 is 2.47 bits per heavy atom. The van der Waals surface area contributed by atoms with Gasteiger partial charge in [0.05, 0.1) is 14.2 Å². The van der Waals surface area contributed by atoms with E-state index in [1.54, 1.807) is 12.2 Å². The molecule has 1 rings (SSSR count). The Morgan fingerprint density at radius 2 is 1.93 bits per heavy atom. The minimum Gasteiger partial charge on any atom is -0.496 e. The van der Waals surface area contributed by atoms with Gasteiger partial charge in [0.2, 0.25) is 0 Å². The highest BCUT2D eigenvalue weighted by atomic mass is 19.1. The Labute approximate surface area is 88.3 Å². The molecular weight excluding hydrogens is 197 g/mol. The number of nitrogens with two attached hydrogens (primary N) is 1. The minimum absolute atomic E-state index is 0.164. The molecule has 0 spiro atoms. The van der Waals surface area contributed by atoms with Crippen molar-refractivity contribution in [2.45, 2.75) is 0 Å². The van der Waals surface area contributed by atoms with Crippen LogP contribution in [-0.2, 0) is 0 Å². The molecule has 0 heterocycles. The molecule has 0 fully saturated rings. The summed E-state index contributed by atoms with van der Waals surface area (Å²) in [6.07, 6.45) is 3.44. The van der Waals surface area contributed by atoms with E-state index in [0.717, 1.165) is 0 Å². The molecule has 0 saturated carbocycles. The van der Waals surface area contributed by atoms with Crippen LogP contribution >= 0.6 is 0 Å². The fourth-order valence-electron chi connectivity index (χ4n) is 1.21. The maximum atomic E-state index is 13.3. The van der Waals surface area contributed by atoms with Gasteiger partial charge in [-0.25, -0.2) is 4.39 Å². The van der Waals surface area contributed by atoms with Crippen LogP contribution in [0.4, 0.5) is 4.39 Å². The molecule has 0 bridgehead atoms. The summed E-state index contributed by atoms with van der Waals surface area (Å²) in [5.74, 6) is 0.296. The molecule has 0 aromatic heterocycles. The molecule has 0 radical (unpaired) electrons. The number of methoxy groups -OCH3 is 2. The first-order valence-corrected chi connectivity index (χ1v) is 4.51. The lowest BCUT2D eigenvalue weighted by molar-refractivity contribution is 0.373. The number of hydrogen-bond acceptors (Lipinski definition) is 3. The zero-order chi connectivity index (χ0) is 11.3. The predicted octanol–water partition coefficient (Wildman–Crippen LogP) is 1.81. The molecule has 1 aromatic rings. The smallest absolute Gasteiger partial charge is 0.165 e. The summed E-state index contributed by atoms with van der Waals surface area (Å²) in [6.45, 7) is 0.400. The van der Waals surface area contributed by atoms with Gasteiger partial charge in [0, 0.05) is 18.2 Å². The van der Waals surface area contributed by atoms with E-state index in [2.05, 4.69) is 0 Å². The molecule has 0 saturated heterocycles. The Bertz CT molecular complexity index is 364. The summed E-state index contributed by atoms with van der Waals surface area (Å²) in [7, 11) is 2.93. The van der Waals surface area contributed by atoms with Crippen LogP contribution in [0, 0.1) is 5.82 Å². The van der Waals surface area contributed by atoms with E-state index in [1.807, 2.05) is 0 Å².